The third-order valence-corrected chi connectivity index (χ3v) is 5.31. The first-order valence-electron chi connectivity index (χ1n) is 10.2. The number of hydrogen-bond acceptors (Lipinski definition) is 4. The minimum absolute atomic E-state index is 0.0116. The number of imidazole rings is 1. The number of anilines is 1. The number of hydrogen-bond donors (Lipinski definition) is 2. The summed E-state index contributed by atoms with van der Waals surface area (Å²) in [5.74, 6) is 0.719. The number of fused-ring (bicyclic) bond motifs is 1. The summed E-state index contributed by atoms with van der Waals surface area (Å²) >= 11 is 0. The third-order valence-electron chi connectivity index (χ3n) is 5.31. The zero-order valence-electron chi connectivity index (χ0n) is 16.8. The highest BCUT2D eigenvalue weighted by atomic mass is 16.1. The van der Waals surface area contributed by atoms with Crippen molar-refractivity contribution in [3.8, 4) is 11.3 Å². The fourth-order valence-electron chi connectivity index (χ4n) is 3.37. The van der Waals surface area contributed by atoms with Crippen molar-refractivity contribution in [1.29, 1.82) is 0 Å². The molecule has 0 radical (unpaired) electrons. The molecular formula is C24H23N5O. The predicted molar refractivity (Wildman–Crippen MR) is 117 cm³/mol. The molecule has 1 amide bonds. The number of carbonyl (C=O) groups is 1. The lowest BCUT2D eigenvalue weighted by Gasteiger charge is -2.11. The van der Waals surface area contributed by atoms with Gasteiger partial charge in [0, 0.05) is 42.3 Å². The van der Waals surface area contributed by atoms with Gasteiger partial charge in [-0.05, 0) is 37.5 Å². The lowest BCUT2D eigenvalue weighted by molar-refractivity contribution is 0.0951. The SMILES string of the molecule is Cc1ccc(CNc2nc(-c3ccc(C(=O)NC4CC4)cc3)cn3ccnc23)cc1. The van der Waals surface area contributed by atoms with Crippen molar-refractivity contribution in [2.45, 2.75) is 32.4 Å². The standard InChI is InChI=1S/C24H23N5O/c1-16-2-4-17(5-3-16)14-26-22-23-25-12-13-29(23)15-21(28-22)18-6-8-19(9-7-18)24(30)27-20-10-11-20/h2-9,12-13,15,20H,10-11,14H2,1H3,(H,26,28)(H,27,30). The van der Waals surface area contributed by atoms with E-state index in [0.717, 1.165) is 35.6 Å². The molecule has 1 aliphatic rings. The summed E-state index contributed by atoms with van der Waals surface area (Å²) in [4.78, 5) is 21.5. The van der Waals surface area contributed by atoms with Crippen molar-refractivity contribution in [1.82, 2.24) is 19.7 Å². The molecule has 0 bridgehead atoms. The highest BCUT2D eigenvalue weighted by molar-refractivity contribution is 5.95. The molecule has 2 aromatic carbocycles. The Hall–Kier alpha value is -3.67. The first kappa shape index (κ1) is 18.4. The van der Waals surface area contributed by atoms with E-state index in [4.69, 9.17) is 4.98 Å². The van der Waals surface area contributed by atoms with Gasteiger partial charge in [-0.2, -0.15) is 0 Å². The molecule has 0 saturated heterocycles. The lowest BCUT2D eigenvalue weighted by atomic mass is 10.1. The van der Waals surface area contributed by atoms with E-state index in [1.807, 2.05) is 41.1 Å². The molecule has 0 aliphatic heterocycles. The van der Waals surface area contributed by atoms with E-state index in [9.17, 15) is 4.79 Å². The quantitative estimate of drug-likeness (QED) is 0.511. The Morgan fingerprint density at radius 3 is 2.60 bits per heavy atom. The summed E-state index contributed by atoms with van der Waals surface area (Å²) in [5.41, 5.74) is 5.65. The van der Waals surface area contributed by atoms with Crippen molar-refractivity contribution >= 4 is 17.4 Å². The minimum atomic E-state index is -0.0116. The maximum atomic E-state index is 12.2. The summed E-state index contributed by atoms with van der Waals surface area (Å²) in [7, 11) is 0. The zero-order chi connectivity index (χ0) is 20.5. The summed E-state index contributed by atoms with van der Waals surface area (Å²) in [6, 6.07) is 16.4. The molecule has 4 aromatic rings. The van der Waals surface area contributed by atoms with Gasteiger partial charge in [0.1, 0.15) is 0 Å². The summed E-state index contributed by atoms with van der Waals surface area (Å²) in [6.07, 6.45) is 7.80. The largest absolute Gasteiger partial charge is 0.363 e. The van der Waals surface area contributed by atoms with E-state index in [2.05, 4.69) is 46.8 Å². The van der Waals surface area contributed by atoms with E-state index in [-0.39, 0.29) is 5.91 Å². The molecule has 6 nitrogen and oxygen atoms in total. The average molecular weight is 397 g/mol. The van der Waals surface area contributed by atoms with Gasteiger partial charge in [-0.15, -0.1) is 0 Å². The Kier molecular flexibility index (Phi) is 4.67. The predicted octanol–water partition coefficient (Wildman–Crippen LogP) is 4.21. The van der Waals surface area contributed by atoms with Crippen LogP contribution in [0.1, 0.15) is 34.3 Å². The van der Waals surface area contributed by atoms with Gasteiger partial charge in [-0.1, -0.05) is 42.0 Å². The van der Waals surface area contributed by atoms with E-state index in [1.165, 1.54) is 11.1 Å². The first-order valence-corrected chi connectivity index (χ1v) is 10.2. The van der Waals surface area contributed by atoms with Crippen LogP contribution in [0.5, 0.6) is 0 Å². The fraction of sp³-hybridized carbons (Fsp3) is 0.208. The van der Waals surface area contributed by atoms with Crippen molar-refractivity contribution < 1.29 is 4.79 Å². The molecule has 30 heavy (non-hydrogen) atoms. The number of nitrogens with zero attached hydrogens (tertiary/aromatic N) is 3. The van der Waals surface area contributed by atoms with E-state index in [0.29, 0.717) is 18.2 Å². The summed E-state index contributed by atoms with van der Waals surface area (Å²) in [5, 5.41) is 6.44. The van der Waals surface area contributed by atoms with Gasteiger partial charge in [-0.3, -0.25) is 4.79 Å². The molecule has 2 N–H and O–H groups in total. The van der Waals surface area contributed by atoms with Gasteiger partial charge in [-0.25, -0.2) is 9.97 Å². The number of aromatic nitrogens is 3. The van der Waals surface area contributed by atoms with Crippen LogP contribution < -0.4 is 10.6 Å². The highest BCUT2D eigenvalue weighted by Gasteiger charge is 2.23. The zero-order valence-corrected chi connectivity index (χ0v) is 16.8. The average Bonchev–Trinajstić information content (AvgIpc) is 3.45. The minimum Gasteiger partial charge on any atom is -0.363 e. The van der Waals surface area contributed by atoms with Crippen molar-refractivity contribution in [2.24, 2.45) is 0 Å². The molecule has 0 spiro atoms. The number of aryl methyl sites for hydroxylation is 1. The Morgan fingerprint density at radius 1 is 1.10 bits per heavy atom. The van der Waals surface area contributed by atoms with Crippen LogP contribution in [0, 0.1) is 6.92 Å². The smallest absolute Gasteiger partial charge is 0.251 e. The second-order valence-electron chi connectivity index (χ2n) is 7.80. The molecule has 0 atom stereocenters. The number of rotatable bonds is 6. The molecule has 2 heterocycles. The normalized spacial score (nSPS) is 13.4. The van der Waals surface area contributed by atoms with Crippen molar-refractivity contribution in [3.05, 3.63) is 83.8 Å². The van der Waals surface area contributed by atoms with Gasteiger partial charge in [0.25, 0.3) is 5.91 Å². The fourth-order valence-corrected chi connectivity index (χ4v) is 3.37. The molecule has 1 saturated carbocycles. The van der Waals surface area contributed by atoms with Crippen molar-refractivity contribution in [3.63, 3.8) is 0 Å². The molecule has 5 rings (SSSR count). The molecular weight excluding hydrogens is 374 g/mol. The van der Waals surface area contributed by atoms with Crippen LogP contribution in [0.3, 0.4) is 0 Å². The third kappa shape index (κ3) is 3.89. The Balaban J connectivity index is 1.40. The molecule has 1 aliphatic carbocycles. The van der Waals surface area contributed by atoms with Crippen LogP contribution in [0.25, 0.3) is 16.9 Å². The van der Waals surface area contributed by atoms with Crippen LogP contribution in [0.15, 0.2) is 67.1 Å². The van der Waals surface area contributed by atoms with Gasteiger partial charge >= 0.3 is 0 Å². The van der Waals surface area contributed by atoms with Gasteiger partial charge in [0.2, 0.25) is 0 Å². The summed E-state index contributed by atoms with van der Waals surface area (Å²) < 4.78 is 1.97. The number of benzene rings is 2. The van der Waals surface area contributed by atoms with Crippen molar-refractivity contribution in [2.75, 3.05) is 5.32 Å². The summed E-state index contributed by atoms with van der Waals surface area (Å²) in [6.45, 7) is 2.75. The van der Waals surface area contributed by atoms with E-state index >= 15 is 0 Å². The van der Waals surface area contributed by atoms with Crippen LogP contribution in [0.2, 0.25) is 0 Å². The highest BCUT2D eigenvalue weighted by Crippen LogP contribution is 2.24. The van der Waals surface area contributed by atoms with Crippen LogP contribution in [-0.2, 0) is 6.54 Å². The Bertz CT molecular complexity index is 1190. The number of nitrogens with one attached hydrogen (secondary N) is 2. The van der Waals surface area contributed by atoms with Gasteiger partial charge in [0.15, 0.2) is 11.5 Å². The number of amides is 1. The molecule has 2 aromatic heterocycles. The van der Waals surface area contributed by atoms with Crippen LogP contribution in [-0.4, -0.2) is 26.3 Å². The Morgan fingerprint density at radius 2 is 1.87 bits per heavy atom. The lowest BCUT2D eigenvalue weighted by Crippen LogP contribution is -2.25. The topological polar surface area (TPSA) is 71.3 Å². The van der Waals surface area contributed by atoms with E-state index < -0.39 is 0 Å². The van der Waals surface area contributed by atoms with E-state index in [1.54, 1.807) is 6.20 Å². The number of carbonyl (C=O) groups excluding carboxylic acids is 1. The van der Waals surface area contributed by atoms with Gasteiger partial charge < -0.3 is 15.0 Å². The van der Waals surface area contributed by atoms with Gasteiger partial charge in [0.05, 0.1) is 5.69 Å². The Labute approximate surface area is 175 Å². The molecule has 0 unspecified atom stereocenters. The van der Waals surface area contributed by atoms with Crippen LogP contribution in [0.4, 0.5) is 5.82 Å². The first-order chi connectivity index (χ1) is 14.7. The molecule has 150 valence electrons. The second-order valence-corrected chi connectivity index (χ2v) is 7.80. The monoisotopic (exact) mass is 397 g/mol. The molecule has 6 heteroatoms. The van der Waals surface area contributed by atoms with Crippen LogP contribution >= 0.6 is 0 Å². The molecule has 1 fully saturated rings. The second kappa shape index (κ2) is 7.63. The maximum Gasteiger partial charge on any atom is 0.251 e. The maximum absolute atomic E-state index is 12.2.